The zero-order valence-corrected chi connectivity index (χ0v) is 9.50. The number of hydrogen-bond donors (Lipinski definition) is 1. The molecule has 0 bridgehead atoms. The summed E-state index contributed by atoms with van der Waals surface area (Å²) in [6, 6.07) is -0.0892. The Morgan fingerprint density at radius 2 is 2.47 bits per heavy atom. The Morgan fingerprint density at radius 1 is 1.73 bits per heavy atom. The van der Waals surface area contributed by atoms with E-state index in [9.17, 15) is 4.79 Å². The van der Waals surface area contributed by atoms with Crippen molar-refractivity contribution in [1.82, 2.24) is 14.9 Å². The number of nitrogens with zero attached hydrogens (tertiary/aromatic N) is 2. The summed E-state index contributed by atoms with van der Waals surface area (Å²) in [5.41, 5.74) is 0.440. The Balaban J connectivity index is 1.94. The van der Waals surface area contributed by atoms with Gasteiger partial charge in [-0.2, -0.15) is 0 Å². The molecule has 1 aromatic heterocycles. The molecule has 1 saturated heterocycles. The average Bonchev–Trinajstić information content (AvgIpc) is 2.66. The summed E-state index contributed by atoms with van der Waals surface area (Å²) in [5, 5.41) is 8.67. The van der Waals surface area contributed by atoms with Crippen molar-refractivity contribution in [2.75, 3.05) is 13.2 Å². The number of carbonyl (C=O) groups is 1. The molecular weight excluding hydrogens is 214 g/mol. The van der Waals surface area contributed by atoms with E-state index in [0.29, 0.717) is 13.2 Å². The van der Waals surface area contributed by atoms with E-state index in [2.05, 4.69) is 14.9 Å². The molecule has 0 aromatic carbocycles. The van der Waals surface area contributed by atoms with Gasteiger partial charge in [0.1, 0.15) is 0 Å². The lowest BCUT2D eigenvalue weighted by Crippen LogP contribution is -2.52. The van der Waals surface area contributed by atoms with Crippen LogP contribution in [0.25, 0.3) is 0 Å². The molecule has 2 rings (SSSR count). The minimum Gasteiger partial charge on any atom is -0.379 e. The Morgan fingerprint density at radius 3 is 2.93 bits per heavy atom. The number of rotatable bonds is 3. The van der Waals surface area contributed by atoms with Crippen molar-refractivity contribution in [2.24, 2.45) is 5.41 Å². The van der Waals surface area contributed by atoms with Crippen molar-refractivity contribution in [3.8, 4) is 0 Å². The molecule has 1 aliphatic heterocycles. The maximum absolute atomic E-state index is 11.8. The fourth-order valence-corrected chi connectivity index (χ4v) is 1.89. The maximum Gasteiger partial charge on any atom is 0.231 e. The quantitative estimate of drug-likeness (QED) is 0.827. The summed E-state index contributed by atoms with van der Waals surface area (Å²) in [7, 11) is 0. The third-order valence-electron chi connectivity index (χ3n) is 2.56. The van der Waals surface area contributed by atoms with Crippen molar-refractivity contribution in [3.63, 3.8) is 0 Å². The fraction of sp³-hybridized carbons (Fsp3) is 0.667. The average molecular weight is 227 g/mol. The van der Waals surface area contributed by atoms with Crippen LogP contribution in [0.3, 0.4) is 0 Å². The van der Waals surface area contributed by atoms with Gasteiger partial charge in [0.15, 0.2) is 0 Å². The normalized spacial score (nSPS) is 20.4. The highest BCUT2D eigenvalue weighted by molar-refractivity contribution is 7.03. The molecule has 2 heterocycles. The standard InChI is InChI=1S/C9H13N3O2S/c1-6(7-3-15-12-11-7)10-8(13)9(2)4-14-5-9/h3,6H,4-5H2,1-2H3,(H,10,13). The Bertz CT molecular complexity index is 348. The van der Waals surface area contributed by atoms with E-state index in [1.54, 1.807) is 0 Å². The second-order valence-electron chi connectivity index (χ2n) is 4.08. The van der Waals surface area contributed by atoms with Crippen LogP contribution in [0.15, 0.2) is 5.38 Å². The summed E-state index contributed by atoms with van der Waals surface area (Å²) in [6.07, 6.45) is 0. The van der Waals surface area contributed by atoms with Crippen molar-refractivity contribution in [2.45, 2.75) is 19.9 Å². The molecule has 1 N–H and O–H groups in total. The molecule has 0 saturated carbocycles. The van der Waals surface area contributed by atoms with E-state index in [-0.39, 0.29) is 17.4 Å². The van der Waals surface area contributed by atoms with Gasteiger partial charge >= 0.3 is 0 Å². The molecule has 0 radical (unpaired) electrons. The summed E-state index contributed by atoms with van der Waals surface area (Å²) >= 11 is 1.29. The molecule has 1 aromatic rings. The lowest BCUT2D eigenvalue weighted by molar-refractivity contribution is -0.158. The third kappa shape index (κ3) is 2.00. The van der Waals surface area contributed by atoms with Gasteiger partial charge in [0.25, 0.3) is 0 Å². The van der Waals surface area contributed by atoms with Gasteiger partial charge in [-0.25, -0.2) is 0 Å². The van der Waals surface area contributed by atoms with Crippen LogP contribution in [0.4, 0.5) is 0 Å². The molecule has 1 amide bonds. The number of amides is 1. The van der Waals surface area contributed by atoms with E-state index in [4.69, 9.17) is 4.74 Å². The number of aromatic nitrogens is 2. The molecule has 1 fully saturated rings. The highest BCUT2D eigenvalue weighted by atomic mass is 32.1. The van der Waals surface area contributed by atoms with Crippen LogP contribution in [-0.2, 0) is 9.53 Å². The van der Waals surface area contributed by atoms with Gasteiger partial charge in [-0.15, -0.1) is 5.10 Å². The lowest BCUT2D eigenvalue weighted by atomic mass is 9.87. The minimum atomic E-state index is -0.363. The number of hydrogen-bond acceptors (Lipinski definition) is 5. The molecule has 1 atom stereocenters. The van der Waals surface area contributed by atoms with Crippen LogP contribution in [0.2, 0.25) is 0 Å². The van der Waals surface area contributed by atoms with E-state index < -0.39 is 0 Å². The topological polar surface area (TPSA) is 64.1 Å². The number of carbonyl (C=O) groups excluding carboxylic acids is 1. The molecule has 15 heavy (non-hydrogen) atoms. The smallest absolute Gasteiger partial charge is 0.231 e. The zero-order chi connectivity index (χ0) is 10.9. The monoisotopic (exact) mass is 227 g/mol. The molecule has 5 nitrogen and oxygen atoms in total. The molecule has 82 valence electrons. The van der Waals surface area contributed by atoms with Crippen molar-refractivity contribution in [3.05, 3.63) is 11.1 Å². The van der Waals surface area contributed by atoms with E-state index in [1.807, 2.05) is 19.2 Å². The zero-order valence-electron chi connectivity index (χ0n) is 8.69. The minimum absolute atomic E-state index is 0.0225. The Labute approximate surface area is 92.0 Å². The molecule has 1 aliphatic rings. The van der Waals surface area contributed by atoms with E-state index in [0.717, 1.165) is 5.69 Å². The van der Waals surface area contributed by atoms with Crippen molar-refractivity contribution in [1.29, 1.82) is 0 Å². The maximum atomic E-state index is 11.8. The highest BCUT2D eigenvalue weighted by Crippen LogP contribution is 2.27. The van der Waals surface area contributed by atoms with Gasteiger partial charge in [-0.05, 0) is 25.4 Å². The summed E-state index contributed by atoms with van der Waals surface area (Å²) in [4.78, 5) is 11.8. The summed E-state index contributed by atoms with van der Waals surface area (Å²) in [6.45, 7) is 4.80. The fourth-order valence-electron chi connectivity index (χ4n) is 1.34. The largest absolute Gasteiger partial charge is 0.379 e. The predicted octanol–water partition coefficient (Wildman–Crippen LogP) is 0.752. The van der Waals surface area contributed by atoms with Gasteiger partial charge in [0.2, 0.25) is 5.91 Å². The predicted molar refractivity (Wildman–Crippen MR) is 55.4 cm³/mol. The first-order valence-corrected chi connectivity index (χ1v) is 5.61. The summed E-state index contributed by atoms with van der Waals surface area (Å²) in [5.74, 6) is 0.0225. The van der Waals surface area contributed by atoms with Crippen LogP contribution >= 0.6 is 11.5 Å². The van der Waals surface area contributed by atoms with Crippen LogP contribution < -0.4 is 5.32 Å². The first-order valence-electron chi connectivity index (χ1n) is 4.77. The van der Waals surface area contributed by atoms with Crippen molar-refractivity contribution >= 4 is 17.4 Å². The van der Waals surface area contributed by atoms with E-state index >= 15 is 0 Å². The molecule has 1 unspecified atom stereocenters. The SMILES string of the molecule is CC(NC(=O)C1(C)COC1)c1csnn1. The van der Waals surface area contributed by atoms with Gasteiger partial charge < -0.3 is 10.1 Å². The second kappa shape index (κ2) is 3.86. The molecule has 6 heteroatoms. The van der Waals surface area contributed by atoms with Crippen molar-refractivity contribution < 1.29 is 9.53 Å². The van der Waals surface area contributed by atoms with Gasteiger partial charge in [0.05, 0.1) is 30.4 Å². The van der Waals surface area contributed by atoms with E-state index in [1.165, 1.54) is 11.5 Å². The first kappa shape index (κ1) is 10.5. The second-order valence-corrected chi connectivity index (χ2v) is 4.69. The Hall–Kier alpha value is -1.01. The summed E-state index contributed by atoms with van der Waals surface area (Å²) < 4.78 is 8.81. The molecular formula is C9H13N3O2S. The Kier molecular flexibility index (Phi) is 2.70. The van der Waals surface area contributed by atoms with Gasteiger partial charge in [0, 0.05) is 5.38 Å². The molecule has 0 aliphatic carbocycles. The number of ether oxygens (including phenoxy) is 1. The lowest BCUT2D eigenvalue weighted by Gasteiger charge is -2.36. The van der Waals surface area contributed by atoms with Gasteiger partial charge in [-0.3, -0.25) is 4.79 Å². The molecule has 0 spiro atoms. The van der Waals surface area contributed by atoms with Crippen LogP contribution in [0.1, 0.15) is 25.6 Å². The van der Waals surface area contributed by atoms with Gasteiger partial charge in [-0.1, -0.05) is 4.49 Å². The highest BCUT2D eigenvalue weighted by Gasteiger charge is 2.41. The van der Waals surface area contributed by atoms with Crippen LogP contribution in [-0.4, -0.2) is 28.7 Å². The van der Waals surface area contributed by atoms with Crippen LogP contribution in [0, 0.1) is 5.41 Å². The first-order chi connectivity index (χ1) is 7.12. The van der Waals surface area contributed by atoms with Crippen LogP contribution in [0.5, 0.6) is 0 Å². The third-order valence-corrected chi connectivity index (χ3v) is 3.08. The number of nitrogens with one attached hydrogen (secondary N) is 1.